The minimum atomic E-state index is -4.35. The summed E-state index contributed by atoms with van der Waals surface area (Å²) in [6.45, 7) is 4.85. The molecule has 0 aliphatic heterocycles. The topological polar surface area (TPSA) is 105 Å². The molecule has 0 fully saturated rings. The fraction of sp³-hybridized carbons (Fsp3) is 0.918. The van der Waals surface area contributed by atoms with Crippen molar-refractivity contribution in [2.24, 2.45) is 0 Å². The highest BCUT2D eigenvalue weighted by atomic mass is 31.2. The van der Waals surface area contributed by atoms with Crippen molar-refractivity contribution in [1.29, 1.82) is 0 Å². The van der Waals surface area contributed by atoms with Crippen LogP contribution in [0.3, 0.4) is 0 Å². The van der Waals surface area contributed by atoms with E-state index in [0.29, 0.717) is 17.4 Å². The largest absolute Gasteiger partial charge is 0.472 e. The number of hydrogen-bond donors (Lipinski definition) is 3. The van der Waals surface area contributed by atoms with Crippen molar-refractivity contribution in [1.82, 2.24) is 5.32 Å². The average molecular weight is 1010 g/mol. The van der Waals surface area contributed by atoms with Crippen LogP contribution >= 0.6 is 7.82 Å². The Kier molecular flexibility index (Phi) is 52.1. The zero-order valence-electron chi connectivity index (χ0n) is 47.5. The van der Waals surface area contributed by atoms with E-state index in [1.807, 2.05) is 27.2 Å². The van der Waals surface area contributed by atoms with Gasteiger partial charge in [0.15, 0.2) is 0 Å². The number of hydrogen-bond acceptors (Lipinski definition) is 5. The molecule has 0 aliphatic rings. The normalized spacial score (nSPS) is 14.0. The number of nitrogens with zero attached hydrogens (tertiary/aromatic N) is 1. The Morgan fingerprint density at radius 1 is 0.471 bits per heavy atom. The van der Waals surface area contributed by atoms with Gasteiger partial charge in [0.05, 0.1) is 39.9 Å². The Morgan fingerprint density at radius 3 is 1.14 bits per heavy atom. The molecular formula is C61H122N2O6P+. The predicted molar refractivity (Wildman–Crippen MR) is 305 cm³/mol. The van der Waals surface area contributed by atoms with E-state index in [2.05, 4.69) is 31.3 Å². The van der Waals surface area contributed by atoms with Crippen LogP contribution in [-0.2, 0) is 18.4 Å². The second-order valence-corrected chi connectivity index (χ2v) is 23.9. The first kappa shape index (κ1) is 69.0. The van der Waals surface area contributed by atoms with Gasteiger partial charge in [-0.3, -0.25) is 13.8 Å². The Hall–Kier alpha value is -1.02. The molecule has 0 bridgehead atoms. The monoisotopic (exact) mass is 1010 g/mol. The smallest absolute Gasteiger partial charge is 0.387 e. The third-order valence-electron chi connectivity index (χ3n) is 14.2. The summed E-state index contributed by atoms with van der Waals surface area (Å²) in [5.74, 6) is -0.180. The number of quaternary nitrogens is 1. The van der Waals surface area contributed by atoms with E-state index in [-0.39, 0.29) is 19.1 Å². The van der Waals surface area contributed by atoms with Crippen molar-refractivity contribution in [2.45, 2.75) is 321 Å². The number of rotatable bonds is 57. The summed E-state index contributed by atoms with van der Waals surface area (Å²) in [4.78, 5) is 23.3. The molecule has 3 N–H and O–H groups in total. The molecule has 0 aromatic carbocycles. The summed E-state index contributed by atoms with van der Waals surface area (Å²) in [7, 11) is 1.57. The van der Waals surface area contributed by atoms with Crippen LogP contribution in [0.1, 0.15) is 309 Å². The van der Waals surface area contributed by atoms with Crippen LogP contribution in [0.15, 0.2) is 24.3 Å². The summed E-state index contributed by atoms with van der Waals surface area (Å²) in [5.41, 5.74) is 0. The maximum atomic E-state index is 13.0. The van der Waals surface area contributed by atoms with Crippen LogP contribution in [0.4, 0.5) is 0 Å². The lowest BCUT2D eigenvalue weighted by molar-refractivity contribution is -0.870. The molecule has 0 aromatic rings. The van der Waals surface area contributed by atoms with Crippen molar-refractivity contribution in [2.75, 3.05) is 40.9 Å². The molecule has 0 heterocycles. The van der Waals surface area contributed by atoms with E-state index in [0.717, 1.165) is 38.5 Å². The molecular weight excluding hydrogens is 888 g/mol. The van der Waals surface area contributed by atoms with Crippen molar-refractivity contribution in [3.8, 4) is 0 Å². The first-order chi connectivity index (χ1) is 34.0. The van der Waals surface area contributed by atoms with E-state index < -0.39 is 20.0 Å². The number of aliphatic hydroxyl groups is 1. The third-order valence-corrected chi connectivity index (χ3v) is 15.2. The minimum absolute atomic E-state index is 0.0589. The summed E-state index contributed by atoms with van der Waals surface area (Å²) in [6, 6.07) is -0.860. The van der Waals surface area contributed by atoms with Crippen LogP contribution in [-0.4, -0.2) is 73.4 Å². The molecule has 3 unspecified atom stereocenters. The van der Waals surface area contributed by atoms with Gasteiger partial charge in [-0.2, -0.15) is 0 Å². The second kappa shape index (κ2) is 52.8. The second-order valence-electron chi connectivity index (χ2n) is 22.4. The quantitative estimate of drug-likeness (QED) is 0.0243. The number of carbonyl (C=O) groups is 1. The van der Waals surface area contributed by atoms with Gasteiger partial charge in [-0.15, -0.1) is 0 Å². The first-order valence-electron chi connectivity index (χ1n) is 30.7. The number of amides is 1. The fourth-order valence-corrected chi connectivity index (χ4v) is 10.1. The Labute approximate surface area is 436 Å². The van der Waals surface area contributed by atoms with Gasteiger partial charge in [0.2, 0.25) is 5.91 Å². The van der Waals surface area contributed by atoms with E-state index in [1.54, 1.807) is 6.08 Å². The van der Waals surface area contributed by atoms with Crippen LogP contribution in [0.25, 0.3) is 0 Å². The number of unbranched alkanes of at least 4 members (excludes halogenated alkanes) is 42. The molecule has 0 aliphatic carbocycles. The lowest BCUT2D eigenvalue weighted by Crippen LogP contribution is -2.45. The van der Waals surface area contributed by atoms with E-state index in [9.17, 15) is 19.4 Å². The molecule has 0 spiro atoms. The fourth-order valence-electron chi connectivity index (χ4n) is 9.36. The van der Waals surface area contributed by atoms with E-state index in [4.69, 9.17) is 9.05 Å². The first-order valence-corrected chi connectivity index (χ1v) is 32.2. The van der Waals surface area contributed by atoms with Gasteiger partial charge in [0, 0.05) is 6.42 Å². The van der Waals surface area contributed by atoms with Gasteiger partial charge in [-0.1, -0.05) is 295 Å². The van der Waals surface area contributed by atoms with Gasteiger partial charge in [0.1, 0.15) is 13.2 Å². The molecule has 9 heteroatoms. The number of nitrogens with one attached hydrogen (secondary N) is 1. The molecule has 0 saturated carbocycles. The predicted octanol–water partition coefficient (Wildman–Crippen LogP) is 18.8. The Morgan fingerprint density at radius 2 is 0.786 bits per heavy atom. The van der Waals surface area contributed by atoms with Crippen molar-refractivity contribution >= 4 is 13.7 Å². The summed E-state index contributed by atoms with van der Waals surface area (Å²) < 4.78 is 23.7. The number of likely N-dealkylation sites (N-methyl/N-ethyl adjacent to an activating group) is 1. The average Bonchev–Trinajstić information content (AvgIpc) is 3.32. The van der Waals surface area contributed by atoms with Crippen molar-refractivity contribution in [3.05, 3.63) is 24.3 Å². The SMILES string of the molecule is CCCCCCCCCCCCCCCCCCCCCCC/C=C/CC/C=C/C(O)C(COP(=O)(O)OCC[N+](C)(C)C)NC(=O)CCCCCCCCCCCCCCCCCCCCCCC. The number of aliphatic hydroxyl groups excluding tert-OH is 1. The maximum absolute atomic E-state index is 13.0. The highest BCUT2D eigenvalue weighted by Crippen LogP contribution is 2.43. The molecule has 416 valence electrons. The summed E-state index contributed by atoms with van der Waals surface area (Å²) >= 11 is 0. The highest BCUT2D eigenvalue weighted by molar-refractivity contribution is 7.47. The Bertz CT molecular complexity index is 1190. The van der Waals surface area contributed by atoms with Gasteiger partial charge >= 0.3 is 7.82 Å². The van der Waals surface area contributed by atoms with E-state index in [1.165, 1.54) is 250 Å². The molecule has 0 saturated heterocycles. The lowest BCUT2D eigenvalue weighted by Gasteiger charge is -2.25. The molecule has 70 heavy (non-hydrogen) atoms. The maximum Gasteiger partial charge on any atom is 0.472 e. The minimum Gasteiger partial charge on any atom is -0.387 e. The van der Waals surface area contributed by atoms with Gasteiger partial charge < -0.3 is 19.8 Å². The number of allylic oxidation sites excluding steroid dienone is 3. The molecule has 3 atom stereocenters. The third kappa shape index (κ3) is 54.7. The van der Waals surface area contributed by atoms with Crippen molar-refractivity contribution in [3.63, 3.8) is 0 Å². The van der Waals surface area contributed by atoms with Crippen molar-refractivity contribution < 1.29 is 32.9 Å². The molecule has 0 radical (unpaired) electrons. The van der Waals surface area contributed by atoms with Crippen LogP contribution in [0.2, 0.25) is 0 Å². The summed E-state index contributed by atoms with van der Waals surface area (Å²) in [5, 5.41) is 13.9. The van der Waals surface area contributed by atoms with Gasteiger partial charge in [-0.05, 0) is 32.1 Å². The van der Waals surface area contributed by atoms with Gasteiger partial charge in [-0.25, -0.2) is 4.57 Å². The number of phosphoric ester groups is 1. The number of phosphoric acid groups is 1. The molecule has 8 nitrogen and oxygen atoms in total. The van der Waals surface area contributed by atoms with E-state index >= 15 is 0 Å². The number of carbonyl (C=O) groups excluding carboxylic acids is 1. The van der Waals surface area contributed by atoms with Crippen LogP contribution in [0, 0.1) is 0 Å². The standard InChI is InChI=1S/C61H121N2O6P/c1-6-8-10-12-14-16-18-20-22-24-26-28-29-30-31-32-33-35-36-38-40-42-44-46-48-50-52-54-60(64)59(58-69-70(66,67)68-57-56-63(3,4)5)62-61(65)55-53-51-49-47-45-43-41-39-37-34-27-25-23-21-19-17-15-13-11-9-7-2/h44,46,52,54,59-60,64H,6-43,45,47-51,53,55-58H2,1-5H3,(H-,62,65,66,67)/p+1/b46-44+,54-52+. The zero-order chi connectivity index (χ0) is 51.3. The molecule has 0 rings (SSSR count). The Balaban J connectivity index is 4.18. The molecule has 1 amide bonds. The lowest BCUT2D eigenvalue weighted by atomic mass is 10.0. The van der Waals surface area contributed by atoms with Crippen LogP contribution in [0.5, 0.6) is 0 Å². The zero-order valence-corrected chi connectivity index (χ0v) is 48.4. The van der Waals surface area contributed by atoms with Crippen LogP contribution < -0.4 is 5.32 Å². The van der Waals surface area contributed by atoms with Gasteiger partial charge in [0.25, 0.3) is 0 Å². The molecule has 0 aromatic heterocycles. The summed E-state index contributed by atoms with van der Waals surface area (Å²) in [6.07, 6.45) is 67.3. The highest BCUT2D eigenvalue weighted by Gasteiger charge is 2.27.